The van der Waals surface area contributed by atoms with E-state index >= 15 is 0 Å². The normalized spacial score (nSPS) is 17.9. The van der Waals surface area contributed by atoms with Crippen LogP contribution in [0.4, 0.5) is 0 Å². The number of nitrogens with zero attached hydrogens (tertiary/aromatic N) is 3. The summed E-state index contributed by atoms with van der Waals surface area (Å²) < 4.78 is 38.0. The Balaban J connectivity index is 1.52. The van der Waals surface area contributed by atoms with Crippen LogP contribution < -0.4 is 0 Å². The van der Waals surface area contributed by atoms with E-state index in [2.05, 4.69) is 14.9 Å². The van der Waals surface area contributed by atoms with E-state index in [1.165, 1.54) is 35.7 Å². The van der Waals surface area contributed by atoms with E-state index in [0.717, 1.165) is 12.0 Å². The van der Waals surface area contributed by atoms with Crippen molar-refractivity contribution in [3.63, 3.8) is 0 Å². The van der Waals surface area contributed by atoms with Crippen LogP contribution in [0.25, 0.3) is 11.5 Å². The number of sulfonamides is 1. The number of benzene rings is 1. The highest BCUT2D eigenvalue weighted by molar-refractivity contribution is 7.89. The molecule has 3 heterocycles. The summed E-state index contributed by atoms with van der Waals surface area (Å²) in [5, 5.41) is 12.1. The Labute approximate surface area is 172 Å². The van der Waals surface area contributed by atoms with Crippen LogP contribution in [0.2, 0.25) is 0 Å². The largest absolute Gasteiger partial charge is 0.465 e. The molecule has 1 aromatic carbocycles. The Morgan fingerprint density at radius 2 is 2.03 bits per heavy atom. The molecule has 0 aliphatic carbocycles. The van der Waals surface area contributed by atoms with Crippen LogP contribution in [0, 0.1) is 0 Å². The molecule has 0 saturated carbocycles. The second-order valence-corrected chi connectivity index (χ2v) is 9.39. The Kier molecular flexibility index (Phi) is 5.48. The number of esters is 1. The molecule has 3 aromatic rings. The first-order chi connectivity index (χ1) is 14.0. The van der Waals surface area contributed by atoms with Gasteiger partial charge in [-0.25, -0.2) is 13.2 Å². The molecule has 1 aliphatic rings. The molecule has 1 fully saturated rings. The molecule has 29 heavy (non-hydrogen) atoms. The molecule has 0 amide bonds. The van der Waals surface area contributed by atoms with E-state index in [4.69, 9.17) is 4.42 Å². The summed E-state index contributed by atoms with van der Waals surface area (Å²) in [4.78, 5) is 11.7. The summed E-state index contributed by atoms with van der Waals surface area (Å²) in [5.41, 5.74) is 1.16. The third-order valence-electron chi connectivity index (χ3n) is 4.86. The predicted octanol–water partition coefficient (Wildman–Crippen LogP) is 3.15. The van der Waals surface area contributed by atoms with Crippen molar-refractivity contribution in [1.82, 2.24) is 14.5 Å². The standard InChI is InChI=1S/C19H19N3O5S2/c1-26-19(23)13-4-6-16(7-5-13)29(24,25)22-9-2-3-14(11-22)17-20-21-18(27-17)15-8-10-28-12-15/h4-8,10,12,14H,2-3,9,11H2,1H3. The van der Waals surface area contributed by atoms with E-state index in [1.54, 1.807) is 11.3 Å². The molecule has 1 atom stereocenters. The van der Waals surface area contributed by atoms with Gasteiger partial charge in [-0.05, 0) is 48.6 Å². The lowest BCUT2D eigenvalue weighted by Crippen LogP contribution is -2.39. The minimum atomic E-state index is -3.70. The molecule has 4 rings (SSSR count). The zero-order chi connectivity index (χ0) is 20.4. The van der Waals surface area contributed by atoms with Crippen molar-refractivity contribution >= 4 is 27.3 Å². The second-order valence-electron chi connectivity index (χ2n) is 6.68. The number of ether oxygens (including phenoxy) is 1. The fourth-order valence-electron chi connectivity index (χ4n) is 3.29. The third-order valence-corrected chi connectivity index (χ3v) is 7.42. The summed E-state index contributed by atoms with van der Waals surface area (Å²) in [5.74, 6) is 0.226. The Bertz CT molecular complexity index is 1090. The molecule has 1 unspecified atom stereocenters. The van der Waals surface area contributed by atoms with Gasteiger partial charge in [-0.2, -0.15) is 15.6 Å². The molecular formula is C19H19N3O5S2. The van der Waals surface area contributed by atoms with Gasteiger partial charge >= 0.3 is 5.97 Å². The Morgan fingerprint density at radius 1 is 1.24 bits per heavy atom. The molecule has 10 heteroatoms. The molecule has 0 spiro atoms. The summed E-state index contributed by atoms with van der Waals surface area (Å²) in [6, 6.07) is 7.65. The Hall–Kier alpha value is -2.56. The maximum atomic E-state index is 13.1. The lowest BCUT2D eigenvalue weighted by molar-refractivity contribution is 0.0600. The summed E-state index contributed by atoms with van der Waals surface area (Å²) in [6.45, 7) is 0.690. The van der Waals surface area contributed by atoms with Crippen molar-refractivity contribution in [2.75, 3.05) is 20.2 Å². The van der Waals surface area contributed by atoms with Gasteiger partial charge in [0.1, 0.15) is 0 Å². The van der Waals surface area contributed by atoms with E-state index in [1.807, 2.05) is 16.8 Å². The lowest BCUT2D eigenvalue weighted by atomic mass is 10.00. The fourth-order valence-corrected chi connectivity index (χ4v) is 5.45. The highest BCUT2D eigenvalue weighted by Crippen LogP contribution is 2.31. The van der Waals surface area contributed by atoms with Crippen LogP contribution in [0.15, 0.2) is 50.4 Å². The monoisotopic (exact) mass is 433 g/mol. The van der Waals surface area contributed by atoms with Gasteiger partial charge in [0, 0.05) is 24.0 Å². The smallest absolute Gasteiger partial charge is 0.337 e. The molecule has 0 N–H and O–H groups in total. The second kappa shape index (κ2) is 8.05. The van der Waals surface area contributed by atoms with Crippen LogP contribution in [0.5, 0.6) is 0 Å². The van der Waals surface area contributed by atoms with E-state index in [9.17, 15) is 13.2 Å². The van der Waals surface area contributed by atoms with Crippen molar-refractivity contribution in [3.8, 4) is 11.5 Å². The highest BCUT2D eigenvalue weighted by atomic mass is 32.2. The van der Waals surface area contributed by atoms with Crippen LogP contribution in [-0.4, -0.2) is 49.1 Å². The average Bonchev–Trinajstić information content (AvgIpc) is 3.45. The van der Waals surface area contributed by atoms with Gasteiger partial charge in [-0.3, -0.25) is 0 Å². The first-order valence-electron chi connectivity index (χ1n) is 9.03. The minimum absolute atomic E-state index is 0.135. The number of rotatable bonds is 5. The van der Waals surface area contributed by atoms with Gasteiger partial charge in [0.2, 0.25) is 21.8 Å². The highest BCUT2D eigenvalue weighted by Gasteiger charge is 2.33. The van der Waals surface area contributed by atoms with Crippen molar-refractivity contribution in [1.29, 1.82) is 0 Å². The van der Waals surface area contributed by atoms with Gasteiger partial charge in [-0.1, -0.05) is 0 Å². The Morgan fingerprint density at radius 3 is 2.72 bits per heavy atom. The van der Waals surface area contributed by atoms with Crippen molar-refractivity contribution in [2.24, 2.45) is 0 Å². The number of hydrogen-bond acceptors (Lipinski definition) is 8. The predicted molar refractivity (Wildman–Crippen MR) is 106 cm³/mol. The number of aromatic nitrogens is 2. The summed E-state index contributed by atoms with van der Waals surface area (Å²) >= 11 is 1.54. The molecule has 1 saturated heterocycles. The third kappa shape index (κ3) is 3.96. The number of hydrogen-bond donors (Lipinski definition) is 0. The SMILES string of the molecule is COC(=O)c1ccc(S(=O)(=O)N2CCCC(c3nnc(-c4ccsc4)o3)C2)cc1. The maximum Gasteiger partial charge on any atom is 0.337 e. The van der Waals surface area contributed by atoms with Crippen LogP contribution in [-0.2, 0) is 14.8 Å². The first-order valence-corrected chi connectivity index (χ1v) is 11.4. The zero-order valence-electron chi connectivity index (χ0n) is 15.6. The molecule has 0 radical (unpaired) electrons. The minimum Gasteiger partial charge on any atom is -0.465 e. The quantitative estimate of drug-likeness (QED) is 0.570. The lowest BCUT2D eigenvalue weighted by Gasteiger charge is -2.30. The van der Waals surface area contributed by atoms with E-state index in [-0.39, 0.29) is 17.4 Å². The molecule has 0 bridgehead atoms. The summed E-state index contributed by atoms with van der Waals surface area (Å²) in [7, 11) is -2.42. The summed E-state index contributed by atoms with van der Waals surface area (Å²) in [6.07, 6.45) is 1.47. The van der Waals surface area contributed by atoms with Crippen LogP contribution >= 0.6 is 11.3 Å². The number of carbonyl (C=O) groups excluding carboxylic acids is 1. The zero-order valence-corrected chi connectivity index (χ0v) is 17.3. The number of piperidine rings is 1. The maximum absolute atomic E-state index is 13.1. The first kappa shape index (κ1) is 19.7. The van der Waals surface area contributed by atoms with E-state index in [0.29, 0.717) is 30.3 Å². The van der Waals surface area contributed by atoms with Crippen LogP contribution in [0.1, 0.15) is 35.0 Å². The van der Waals surface area contributed by atoms with Crippen molar-refractivity contribution in [2.45, 2.75) is 23.7 Å². The molecule has 8 nitrogen and oxygen atoms in total. The van der Waals surface area contributed by atoms with Gasteiger partial charge in [0.05, 0.1) is 23.5 Å². The van der Waals surface area contributed by atoms with Crippen LogP contribution in [0.3, 0.4) is 0 Å². The number of methoxy groups -OCH3 is 1. The molecular weight excluding hydrogens is 414 g/mol. The topological polar surface area (TPSA) is 103 Å². The average molecular weight is 434 g/mol. The molecule has 2 aromatic heterocycles. The molecule has 1 aliphatic heterocycles. The van der Waals surface area contributed by atoms with Gasteiger partial charge in [0.25, 0.3) is 0 Å². The van der Waals surface area contributed by atoms with Gasteiger partial charge < -0.3 is 9.15 Å². The van der Waals surface area contributed by atoms with Crippen molar-refractivity contribution < 1.29 is 22.4 Å². The molecule has 152 valence electrons. The van der Waals surface area contributed by atoms with Gasteiger partial charge in [-0.15, -0.1) is 10.2 Å². The van der Waals surface area contributed by atoms with Gasteiger partial charge in [0.15, 0.2) is 0 Å². The van der Waals surface area contributed by atoms with Crippen molar-refractivity contribution in [3.05, 3.63) is 52.5 Å². The fraction of sp³-hybridized carbons (Fsp3) is 0.316. The number of thiophene rings is 1. The van der Waals surface area contributed by atoms with E-state index < -0.39 is 16.0 Å². The number of carbonyl (C=O) groups is 1.